The molecule has 0 aromatic heterocycles. The summed E-state index contributed by atoms with van der Waals surface area (Å²) in [5.41, 5.74) is 0.466. The zero-order valence-corrected chi connectivity index (χ0v) is 13.4. The van der Waals surface area contributed by atoms with Crippen LogP contribution in [0.15, 0.2) is 29.2 Å². The molecule has 0 saturated heterocycles. The highest BCUT2D eigenvalue weighted by molar-refractivity contribution is 7.99. The van der Waals surface area contributed by atoms with E-state index in [1.165, 1.54) is 24.3 Å². The third-order valence-corrected chi connectivity index (χ3v) is 5.79. The minimum atomic E-state index is -3.27. The Kier molecular flexibility index (Phi) is 7.06. The average molecular weight is 312 g/mol. The Morgan fingerprint density at radius 1 is 1.30 bits per heavy atom. The van der Waals surface area contributed by atoms with Gasteiger partial charge in [0, 0.05) is 11.8 Å². The molecular weight excluding hydrogens is 292 g/mol. The quantitative estimate of drug-likeness (QED) is 0.744. The van der Waals surface area contributed by atoms with Crippen LogP contribution in [0.25, 0.3) is 0 Å². The molecule has 0 saturated carbocycles. The standard InChI is InChI=1S/C14H20N2O2S2/c1-12(19-2)7-8-16-9-10-20(17,18)14-5-3-13(11-15)4-6-14/h3-6,12,16H,7-10H2,1-2H3. The van der Waals surface area contributed by atoms with Crippen LogP contribution in [0.1, 0.15) is 18.9 Å². The second-order valence-electron chi connectivity index (χ2n) is 4.54. The van der Waals surface area contributed by atoms with Crippen LogP contribution in [0.3, 0.4) is 0 Å². The Morgan fingerprint density at radius 3 is 2.50 bits per heavy atom. The van der Waals surface area contributed by atoms with Gasteiger partial charge in [-0.3, -0.25) is 0 Å². The third-order valence-electron chi connectivity index (χ3n) is 3.02. The fourth-order valence-corrected chi connectivity index (χ4v) is 3.16. The Hall–Kier alpha value is -1.03. The summed E-state index contributed by atoms with van der Waals surface area (Å²) in [7, 11) is -3.27. The molecule has 0 fully saturated rings. The molecule has 0 aliphatic rings. The number of nitrogens with zero attached hydrogens (tertiary/aromatic N) is 1. The van der Waals surface area contributed by atoms with Gasteiger partial charge in [-0.1, -0.05) is 6.92 Å². The Balaban J connectivity index is 2.43. The van der Waals surface area contributed by atoms with Gasteiger partial charge in [0.2, 0.25) is 0 Å². The van der Waals surface area contributed by atoms with Gasteiger partial charge in [0.15, 0.2) is 9.84 Å². The van der Waals surface area contributed by atoms with Crippen molar-refractivity contribution in [2.45, 2.75) is 23.5 Å². The van der Waals surface area contributed by atoms with E-state index in [4.69, 9.17) is 5.26 Å². The summed E-state index contributed by atoms with van der Waals surface area (Å²) >= 11 is 1.80. The van der Waals surface area contributed by atoms with Crippen molar-refractivity contribution in [1.82, 2.24) is 5.32 Å². The molecule has 0 amide bonds. The second-order valence-corrected chi connectivity index (χ2v) is 7.93. The molecule has 110 valence electrons. The van der Waals surface area contributed by atoms with Crippen LogP contribution in [-0.2, 0) is 9.84 Å². The number of hydrogen-bond donors (Lipinski definition) is 1. The number of thioether (sulfide) groups is 1. The predicted molar refractivity (Wildman–Crippen MR) is 83.7 cm³/mol. The molecule has 0 spiro atoms. The fourth-order valence-electron chi connectivity index (χ4n) is 1.61. The predicted octanol–water partition coefficient (Wildman–Crippen LogP) is 2.06. The van der Waals surface area contributed by atoms with Gasteiger partial charge in [0.25, 0.3) is 0 Å². The van der Waals surface area contributed by atoms with E-state index >= 15 is 0 Å². The van der Waals surface area contributed by atoms with Crippen LogP contribution in [0, 0.1) is 11.3 Å². The molecule has 0 heterocycles. The first-order valence-corrected chi connectivity index (χ1v) is 9.40. The molecule has 20 heavy (non-hydrogen) atoms. The maximum atomic E-state index is 12.1. The summed E-state index contributed by atoms with van der Waals surface area (Å²) in [5.74, 6) is 0.0759. The first-order chi connectivity index (χ1) is 9.49. The van der Waals surface area contributed by atoms with Gasteiger partial charge in [-0.15, -0.1) is 0 Å². The lowest BCUT2D eigenvalue weighted by atomic mass is 10.2. The van der Waals surface area contributed by atoms with E-state index in [0.717, 1.165) is 13.0 Å². The van der Waals surface area contributed by atoms with Crippen molar-refractivity contribution >= 4 is 21.6 Å². The number of hydrogen-bond acceptors (Lipinski definition) is 5. The monoisotopic (exact) mass is 312 g/mol. The number of rotatable bonds is 8. The maximum absolute atomic E-state index is 12.1. The van der Waals surface area contributed by atoms with Gasteiger partial charge in [0.05, 0.1) is 22.3 Å². The van der Waals surface area contributed by atoms with Gasteiger partial charge in [0.1, 0.15) is 0 Å². The van der Waals surface area contributed by atoms with Crippen LogP contribution in [0.5, 0.6) is 0 Å². The van der Waals surface area contributed by atoms with Gasteiger partial charge in [-0.2, -0.15) is 17.0 Å². The molecule has 0 bridgehead atoms. The van der Waals surface area contributed by atoms with Crippen molar-refractivity contribution in [2.24, 2.45) is 0 Å². The topological polar surface area (TPSA) is 70.0 Å². The van der Waals surface area contributed by atoms with Crippen LogP contribution < -0.4 is 5.32 Å². The minimum absolute atomic E-state index is 0.0759. The van der Waals surface area contributed by atoms with E-state index in [2.05, 4.69) is 18.5 Å². The van der Waals surface area contributed by atoms with Crippen molar-refractivity contribution in [1.29, 1.82) is 5.26 Å². The van der Waals surface area contributed by atoms with Crippen LogP contribution in [0.4, 0.5) is 0 Å². The summed E-state index contributed by atoms with van der Waals surface area (Å²) in [6, 6.07) is 8.01. The largest absolute Gasteiger partial charge is 0.316 e. The Labute approximate surface area is 125 Å². The van der Waals surface area contributed by atoms with Crippen molar-refractivity contribution in [3.8, 4) is 6.07 Å². The molecule has 0 radical (unpaired) electrons. The fraction of sp³-hybridized carbons (Fsp3) is 0.500. The average Bonchev–Trinajstić information content (AvgIpc) is 2.46. The molecule has 1 aromatic rings. The van der Waals surface area contributed by atoms with E-state index in [0.29, 0.717) is 17.4 Å². The SMILES string of the molecule is CSC(C)CCNCCS(=O)(=O)c1ccc(C#N)cc1. The number of nitrogens with one attached hydrogen (secondary N) is 1. The number of nitriles is 1. The Bertz CT molecular complexity index is 548. The second kappa shape index (κ2) is 8.30. The Morgan fingerprint density at radius 2 is 1.95 bits per heavy atom. The van der Waals surface area contributed by atoms with Crippen LogP contribution >= 0.6 is 11.8 Å². The molecule has 6 heteroatoms. The molecule has 0 aliphatic heterocycles. The summed E-state index contributed by atoms with van der Waals surface area (Å²) in [6.07, 6.45) is 3.10. The van der Waals surface area contributed by atoms with E-state index < -0.39 is 9.84 Å². The van der Waals surface area contributed by atoms with Crippen LogP contribution in [0.2, 0.25) is 0 Å². The van der Waals surface area contributed by atoms with Gasteiger partial charge >= 0.3 is 0 Å². The third kappa shape index (κ3) is 5.53. The van der Waals surface area contributed by atoms with Crippen molar-refractivity contribution < 1.29 is 8.42 Å². The summed E-state index contributed by atoms with van der Waals surface area (Å²) < 4.78 is 24.1. The number of benzene rings is 1. The summed E-state index contributed by atoms with van der Waals surface area (Å²) in [4.78, 5) is 0.274. The van der Waals surface area contributed by atoms with Crippen molar-refractivity contribution in [2.75, 3.05) is 25.1 Å². The van der Waals surface area contributed by atoms with Gasteiger partial charge in [-0.25, -0.2) is 8.42 Å². The van der Waals surface area contributed by atoms with E-state index in [9.17, 15) is 8.42 Å². The highest BCUT2D eigenvalue weighted by Gasteiger charge is 2.13. The van der Waals surface area contributed by atoms with Gasteiger partial charge < -0.3 is 5.32 Å². The molecular formula is C14H20N2O2S2. The highest BCUT2D eigenvalue weighted by atomic mass is 32.2. The summed E-state index contributed by atoms with van der Waals surface area (Å²) in [6.45, 7) is 3.42. The molecule has 1 rings (SSSR count). The normalized spacial score (nSPS) is 12.8. The van der Waals surface area contributed by atoms with E-state index in [1.54, 1.807) is 11.8 Å². The first-order valence-electron chi connectivity index (χ1n) is 6.46. The molecule has 1 unspecified atom stereocenters. The minimum Gasteiger partial charge on any atom is -0.316 e. The molecule has 1 aromatic carbocycles. The molecule has 0 aliphatic carbocycles. The van der Waals surface area contributed by atoms with Crippen LogP contribution in [-0.4, -0.2) is 38.8 Å². The molecule has 1 N–H and O–H groups in total. The molecule has 1 atom stereocenters. The number of sulfone groups is 1. The summed E-state index contributed by atoms with van der Waals surface area (Å²) in [5, 5.41) is 12.4. The zero-order valence-electron chi connectivity index (χ0n) is 11.8. The smallest absolute Gasteiger partial charge is 0.179 e. The first kappa shape index (κ1) is 17.0. The maximum Gasteiger partial charge on any atom is 0.179 e. The zero-order chi connectivity index (χ0) is 15.0. The van der Waals surface area contributed by atoms with E-state index in [-0.39, 0.29) is 10.6 Å². The lowest BCUT2D eigenvalue weighted by Gasteiger charge is -2.09. The lowest BCUT2D eigenvalue weighted by Crippen LogP contribution is -2.25. The van der Waals surface area contributed by atoms with E-state index in [1.807, 2.05) is 6.07 Å². The molecule has 4 nitrogen and oxygen atoms in total. The van der Waals surface area contributed by atoms with Gasteiger partial charge in [-0.05, 0) is 43.5 Å². The highest BCUT2D eigenvalue weighted by Crippen LogP contribution is 2.12. The lowest BCUT2D eigenvalue weighted by molar-refractivity contribution is 0.589. The van der Waals surface area contributed by atoms with Crippen molar-refractivity contribution in [3.63, 3.8) is 0 Å². The van der Waals surface area contributed by atoms with Crippen molar-refractivity contribution in [3.05, 3.63) is 29.8 Å².